The number of nitrogens with zero attached hydrogens (tertiary/aromatic N) is 5. The van der Waals surface area contributed by atoms with Crippen LogP contribution in [0.3, 0.4) is 0 Å². The van der Waals surface area contributed by atoms with Crippen molar-refractivity contribution in [2.24, 2.45) is 4.99 Å². The number of benzene rings is 1. The van der Waals surface area contributed by atoms with Crippen LogP contribution in [0.1, 0.15) is 16.7 Å². The second-order valence-corrected chi connectivity index (χ2v) is 8.86. The molecule has 1 aliphatic heterocycles. The first-order chi connectivity index (χ1) is 15.5. The van der Waals surface area contributed by atoms with Gasteiger partial charge in [-0.05, 0) is 54.6 Å². The molecule has 3 aromatic heterocycles. The van der Waals surface area contributed by atoms with Gasteiger partial charge in [0.05, 0.1) is 12.1 Å². The van der Waals surface area contributed by atoms with Gasteiger partial charge >= 0.3 is 5.69 Å². The summed E-state index contributed by atoms with van der Waals surface area (Å²) in [6.45, 7) is 4.54. The Morgan fingerprint density at radius 2 is 2.12 bits per heavy atom. The molecule has 4 heterocycles. The molecule has 0 aliphatic carbocycles. The summed E-state index contributed by atoms with van der Waals surface area (Å²) in [6.07, 6.45) is 3.45. The van der Waals surface area contributed by atoms with E-state index in [2.05, 4.69) is 20.4 Å². The molecule has 162 valence electrons. The van der Waals surface area contributed by atoms with Crippen molar-refractivity contribution in [1.82, 2.24) is 24.5 Å². The average molecular weight is 447 g/mol. The number of carbonyl (C=O) groups is 1. The van der Waals surface area contributed by atoms with Crippen molar-refractivity contribution in [3.8, 4) is 0 Å². The Kier molecular flexibility index (Phi) is 5.26. The van der Waals surface area contributed by atoms with E-state index in [1.54, 1.807) is 28.6 Å². The van der Waals surface area contributed by atoms with E-state index < -0.39 is 6.04 Å². The lowest BCUT2D eigenvalue weighted by atomic mass is 10.1. The topological polar surface area (TPSA) is 93.7 Å². The molecular formula is C23H22N6O2S. The molecule has 1 atom stereocenters. The molecule has 0 bridgehead atoms. The van der Waals surface area contributed by atoms with Crippen molar-refractivity contribution in [2.75, 3.05) is 12.3 Å². The van der Waals surface area contributed by atoms with E-state index >= 15 is 0 Å². The molecule has 1 amide bonds. The molecule has 0 saturated heterocycles. The Morgan fingerprint density at radius 3 is 2.94 bits per heavy atom. The fourth-order valence-electron chi connectivity index (χ4n) is 3.85. The van der Waals surface area contributed by atoms with Crippen molar-refractivity contribution in [3.05, 3.63) is 76.0 Å². The Balaban J connectivity index is 1.31. The molecule has 5 rings (SSSR count). The molecule has 4 aromatic rings. The SMILES string of the molecule is Cc1ccc2cc(C)c3nn(CCNC(=O)C4CSC(c5cccnc5)=N4)c(=O)n3c2c1. The van der Waals surface area contributed by atoms with Crippen LogP contribution in [0.5, 0.6) is 0 Å². The van der Waals surface area contributed by atoms with Crippen LogP contribution in [-0.4, -0.2) is 48.5 Å². The summed E-state index contributed by atoms with van der Waals surface area (Å²) in [5, 5.41) is 9.23. The second kappa shape index (κ2) is 8.23. The van der Waals surface area contributed by atoms with Crippen LogP contribution in [0.4, 0.5) is 0 Å². The highest BCUT2D eigenvalue weighted by Crippen LogP contribution is 2.23. The van der Waals surface area contributed by atoms with Crippen LogP contribution < -0.4 is 11.0 Å². The number of hydrogen-bond donors (Lipinski definition) is 1. The predicted octanol–water partition coefficient (Wildman–Crippen LogP) is 2.34. The van der Waals surface area contributed by atoms with Crippen molar-refractivity contribution < 1.29 is 4.79 Å². The Hall–Kier alpha value is -3.46. The van der Waals surface area contributed by atoms with E-state index in [4.69, 9.17) is 0 Å². The third kappa shape index (κ3) is 3.69. The normalized spacial score (nSPS) is 15.9. The quantitative estimate of drug-likeness (QED) is 0.508. The minimum absolute atomic E-state index is 0.148. The van der Waals surface area contributed by atoms with E-state index in [0.717, 1.165) is 32.6 Å². The van der Waals surface area contributed by atoms with Gasteiger partial charge < -0.3 is 5.32 Å². The van der Waals surface area contributed by atoms with Gasteiger partial charge in [0.2, 0.25) is 5.91 Å². The van der Waals surface area contributed by atoms with Crippen molar-refractivity contribution in [3.63, 3.8) is 0 Å². The van der Waals surface area contributed by atoms with Gasteiger partial charge in [-0.1, -0.05) is 12.1 Å². The number of rotatable bonds is 5. The molecule has 9 heteroatoms. The summed E-state index contributed by atoms with van der Waals surface area (Å²) in [5.41, 5.74) is 4.20. The summed E-state index contributed by atoms with van der Waals surface area (Å²) in [4.78, 5) is 34.3. The summed E-state index contributed by atoms with van der Waals surface area (Å²) in [7, 11) is 0. The monoisotopic (exact) mass is 446 g/mol. The number of pyridine rings is 2. The summed E-state index contributed by atoms with van der Waals surface area (Å²) in [6, 6.07) is 11.4. The average Bonchev–Trinajstić information content (AvgIpc) is 3.41. The van der Waals surface area contributed by atoms with E-state index in [1.807, 2.05) is 50.2 Å². The Labute approximate surface area is 188 Å². The summed E-state index contributed by atoms with van der Waals surface area (Å²) >= 11 is 1.55. The van der Waals surface area contributed by atoms with Crippen LogP contribution >= 0.6 is 11.8 Å². The van der Waals surface area contributed by atoms with E-state index in [0.29, 0.717) is 17.9 Å². The van der Waals surface area contributed by atoms with Gasteiger partial charge in [0, 0.05) is 30.3 Å². The van der Waals surface area contributed by atoms with Crippen molar-refractivity contribution in [2.45, 2.75) is 26.4 Å². The molecule has 1 aromatic carbocycles. The minimum atomic E-state index is -0.442. The number of thioether (sulfide) groups is 1. The standard InChI is InChI=1S/C23H22N6O2S/c1-14-5-6-16-11-15(2)20-27-28(23(31)29(20)19(16)10-14)9-8-25-21(30)18-13-32-22(26-18)17-4-3-7-24-12-17/h3-7,10-12,18H,8-9,13H2,1-2H3,(H,25,30). The van der Waals surface area contributed by atoms with Gasteiger partial charge in [0.1, 0.15) is 11.1 Å². The van der Waals surface area contributed by atoms with Crippen molar-refractivity contribution >= 4 is 39.3 Å². The van der Waals surface area contributed by atoms with Gasteiger partial charge in [-0.3, -0.25) is 14.8 Å². The molecule has 8 nitrogen and oxygen atoms in total. The predicted molar refractivity (Wildman–Crippen MR) is 126 cm³/mol. The van der Waals surface area contributed by atoms with Crippen LogP contribution in [-0.2, 0) is 11.3 Å². The number of nitrogens with one attached hydrogen (secondary N) is 1. The maximum Gasteiger partial charge on any atom is 0.350 e. The molecule has 0 fully saturated rings. The van der Waals surface area contributed by atoms with Gasteiger partial charge in [0.15, 0.2) is 5.65 Å². The number of hydrogen-bond acceptors (Lipinski definition) is 6. The first-order valence-corrected chi connectivity index (χ1v) is 11.4. The maximum absolute atomic E-state index is 13.1. The summed E-state index contributed by atoms with van der Waals surface area (Å²) < 4.78 is 3.07. The number of aromatic nitrogens is 4. The smallest absolute Gasteiger partial charge is 0.350 e. The lowest BCUT2D eigenvalue weighted by molar-refractivity contribution is -0.121. The molecule has 1 aliphatic rings. The van der Waals surface area contributed by atoms with E-state index in [-0.39, 0.29) is 18.1 Å². The molecule has 1 N–H and O–H groups in total. The zero-order chi connectivity index (χ0) is 22.2. The number of carbonyl (C=O) groups excluding carboxylic acids is 1. The zero-order valence-corrected chi connectivity index (χ0v) is 18.6. The Bertz CT molecular complexity index is 1420. The molecule has 0 radical (unpaired) electrons. The highest BCUT2D eigenvalue weighted by molar-refractivity contribution is 8.14. The molecule has 1 unspecified atom stereocenters. The van der Waals surface area contributed by atoms with E-state index in [9.17, 15) is 9.59 Å². The second-order valence-electron chi connectivity index (χ2n) is 7.85. The number of aliphatic imine (C=N–C) groups is 1. The number of fused-ring (bicyclic) bond motifs is 3. The molecular weight excluding hydrogens is 424 g/mol. The highest BCUT2D eigenvalue weighted by atomic mass is 32.2. The number of amides is 1. The first kappa shape index (κ1) is 20.4. The van der Waals surface area contributed by atoms with Crippen LogP contribution in [0.25, 0.3) is 16.6 Å². The zero-order valence-electron chi connectivity index (χ0n) is 17.8. The first-order valence-electron chi connectivity index (χ1n) is 10.4. The van der Waals surface area contributed by atoms with Crippen LogP contribution in [0.15, 0.2) is 58.6 Å². The summed E-state index contributed by atoms with van der Waals surface area (Å²) in [5.74, 6) is 0.444. The van der Waals surface area contributed by atoms with Crippen LogP contribution in [0, 0.1) is 13.8 Å². The van der Waals surface area contributed by atoms with Crippen molar-refractivity contribution in [1.29, 1.82) is 0 Å². The van der Waals surface area contributed by atoms with Gasteiger partial charge in [-0.25, -0.2) is 13.9 Å². The lowest BCUT2D eigenvalue weighted by Crippen LogP contribution is -2.37. The third-order valence-corrected chi connectivity index (χ3v) is 6.57. The van der Waals surface area contributed by atoms with E-state index in [1.165, 1.54) is 4.68 Å². The molecule has 0 spiro atoms. The maximum atomic E-state index is 13.1. The fraction of sp³-hybridized carbons (Fsp3) is 0.261. The Morgan fingerprint density at radius 1 is 1.25 bits per heavy atom. The number of aryl methyl sites for hydroxylation is 2. The highest BCUT2D eigenvalue weighted by Gasteiger charge is 2.25. The largest absolute Gasteiger partial charge is 0.352 e. The van der Waals surface area contributed by atoms with Gasteiger partial charge in [-0.2, -0.15) is 0 Å². The lowest BCUT2D eigenvalue weighted by Gasteiger charge is -2.07. The van der Waals surface area contributed by atoms with Crippen LogP contribution in [0.2, 0.25) is 0 Å². The van der Waals surface area contributed by atoms with Gasteiger partial charge in [-0.15, -0.1) is 16.9 Å². The third-order valence-electron chi connectivity index (χ3n) is 5.48. The molecule has 32 heavy (non-hydrogen) atoms. The molecule has 0 saturated carbocycles. The minimum Gasteiger partial charge on any atom is -0.352 e. The van der Waals surface area contributed by atoms with Gasteiger partial charge in [0.25, 0.3) is 0 Å². The fourth-order valence-corrected chi connectivity index (χ4v) is 4.88.